The highest BCUT2D eigenvalue weighted by Crippen LogP contribution is 2.27. The fraction of sp³-hybridized carbons (Fsp3) is 0.500. The van der Waals surface area contributed by atoms with E-state index in [1.165, 1.54) is 11.3 Å². The summed E-state index contributed by atoms with van der Waals surface area (Å²) >= 11 is 7.40. The maximum atomic E-state index is 12.9. The molecule has 3 rings (SSSR count). The fourth-order valence-corrected chi connectivity index (χ4v) is 4.31. The van der Waals surface area contributed by atoms with Gasteiger partial charge in [0.05, 0.1) is 0 Å². The molecule has 1 aromatic carbocycles. The first-order valence-corrected chi connectivity index (χ1v) is 11.3. The van der Waals surface area contributed by atoms with E-state index in [4.69, 9.17) is 16.3 Å². The summed E-state index contributed by atoms with van der Waals surface area (Å²) in [5.41, 5.74) is 0.932. The zero-order chi connectivity index (χ0) is 21.9. The quantitative estimate of drug-likeness (QED) is 0.644. The summed E-state index contributed by atoms with van der Waals surface area (Å²) < 4.78 is 5.41. The number of thiazole rings is 1. The number of carbonyl (C=O) groups excluding carboxylic acids is 2. The molecule has 6 nitrogen and oxygen atoms in total. The Kier molecular flexibility index (Phi) is 7.03. The number of piperidine rings is 1. The van der Waals surface area contributed by atoms with Crippen molar-refractivity contribution in [2.75, 3.05) is 26.7 Å². The van der Waals surface area contributed by atoms with Gasteiger partial charge in [-0.3, -0.25) is 4.79 Å². The molecule has 30 heavy (non-hydrogen) atoms. The third-order valence-electron chi connectivity index (χ3n) is 4.95. The number of hydrogen-bond donors (Lipinski definition) is 0. The predicted molar refractivity (Wildman–Crippen MR) is 120 cm³/mol. The van der Waals surface area contributed by atoms with E-state index in [0.29, 0.717) is 36.3 Å². The number of carbonyl (C=O) groups is 2. The molecule has 0 aliphatic carbocycles. The second kappa shape index (κ2) is 9.35. The molecular weight excluding hydrogens is 422 g/mol. The molecule has 1 aliphatic heterocycles. The standard InChI is InChI=1S/C22H28ClN3O3S/c1-22(2,3)29-21(28)25(4)13-15-9-11-26(12-10-15)20(27)18-14-30-19(24-18)16-5-7-17(23)8-6-16/h5-8,14-15H,9-13H2,1-4H3. The highest BCUT2D eigenvalue weighted by Gasteiger charge is 2.28. The minimum absolute atomic E-state index is 0.0367. The minimum Gasteiger partial charge on any atom is -0.444 e. The van der Waals surface area contributed by atoms with E-state index in [0.717, 1.165) is 23.4 Å². The first-order chi connectivity index (χ1) is 14.1. The van der Waals surface area contributed by atoms with E-state index >= 15 is 0 Å². The number of halogens is 1. The van der Waals surface area contributed by atoms with Gasteiger partial charge in [0.2, 0.25) is 0 Å². The van der Waals surface area contributed by atoms with Gasteiger partial charge >= 0.3 is 6.09 Å². The van der Waals surface area contributed by atoms with Crippen LogP contribution in [0.5, 0.6) is 0 Å². The summed E-state index contributed by atoms with van der Waals surface area (Å²) in [6.07, 6.45) is 1.40. The van der Waals surface area contributed by atoms with Crippen LogP contribution in [-0.4, -0.2) is 59.1 Å². The summed E-state index contributed by atoms with van der Waals surface area (Å²) in [4.78, 5) is 33.0. The van der Waals surface area contributed by atoms with Crippen LogP contribution in [-0.2, 0) is 4.74 Å². The number of hydrogen-bond acceptors (Lipinski definition) is 5. The molecule has 0 atom stereocenters. The van der Waals surface area contributed by atoms with E-state index < -0.39 is 5.60 Å². The number of nitrogens with zero attached hydrogens (tertiary/aromatic N) is 3. The van der Waals surface area contributed by atoms with Gasteiger partial charge in [0.1, 0.15) is 16.3 Å². The Morgan fingerprint density at radius 2 is 1.87 bits per heavy atom. The SMILES string of the molecule is CN(CC1CCN(C(=O)c2csc(-c3ccc(Cl)cc3)n2)CC1)C(=O)OC(C)(C)C. The molecule has 0 radical (unpaired) electrons. The monoisotopic (exact) mass is 449 g/mol. The molecule has 162 valence electrons. The van der Waals surface area contributed by atoms with Crippen LogP contribution in [0, 0.1) is 5.92 Å². The minimum atomic E-state index is -0.500. The highest BCUT2D eigenvalue weighted by atomic mass is 35.5. The third kappa shape index (κ3) is 5.95. The lowest BCUT2D eigenvalue weighted by atomic mass is 9.96. The molecule has 2 heterocycles. The van der Waals surface area contributed by atoms with E-state index in [2.05, 4.69) is 4.98 Å². The normalized spacial score (nSPS) is 15.2. The van der Waals surface area contributed by atoms with Crippen LogP contribution >= 0.6 is 22.9 Å². The van der Waals surface area contributed by atoms with Crippen molar-refractivity contribution in [2.24, 2.45) is 5.92 Å². The van der Waals surface area contributed by atoms with E-state index in [-0.39, 0.29) is 12.0 Å². The lowest BCUT2D eigenvalue weighted by Gasteiger charge is -2.34. The van der Waals surface area contributed by atoms with Crippen LogP contribution < -0.4 is 0 Å². The largest absolute Gasteiger partial charge is 0.444 e. The van der Waals surface area contributed by atoms with Gasteiger partial charge < -0.3 is 14.5 Å². The Morgan fingerprint density at radius 3 is 2.47 bits per heavy atom. The van der Waals surface area contributed by atoms with Crippen LogP contribution in [0.3, 0.4) is 0 Å². The Morgan fingerprint density at radius 1 is 1.23 bits per heavy atom. The van der Waals surface area contributed by atoms with E-state index in [1.807, 2.05) is 55.3 Å². The van der Waals surface area contributed by atoms with Crippen molar-refractivity contribution in [3.63, 3.8) is 0 Å². The lowest BCUT2D eigenvalue weighted by molar-refractivity contribution is 0.0246. The predicted octanol–water partition coefficient (Wildman–Crippen LogP) is 5.18. The Hall–Kier alpha value is -2.12. The van der Waals surface area contributed by atoms with Crippen molar-refractivity contribution in [3.8, 4) is 10.6 Å². The first kappa shape index (κ1) is 22.6. The van der Waals surface area contributed by atoms with Crippen molar-refractivity contribution >= 4 is 34.9 Å². The molecular formula is C22H28ClN3O3S. The summed E-state index contributed by atoms with van der Waals surface area (Å²) in [5, 5.41) is 3.30. The van der Waals surface area contributed by atoms with Crippen molar-refractivity contribution in [2.45, 2.75) is 39.2 Å². The average Bonchev–Trinajstić information content (AvgIpc) is 3.17. The summed E-state index contributed by atoms with van der Waals surface area (Å²) in [7, 11) is 1.76. The summed E-state index contributed by atoms with van der Waals surface area (Å²) in [5.74, 6) is 0.317. The molecule has 1 aliphatic rings. The van der Waals surface area contributed by atoms with Gasteiger partial charge in [0.15, 0.2) is 0 Å². The van der Waals surface area contributed by atoms with Crippen LogP contribution in [0.25, 0.3) is 10.6 Å². The number of likely N-dealkylation sites (tertiary alicyclic amines) is 1. The molecule has 8 heteroatoms. The van der Waals surface area contributed by atoms with Gasteiger partial charge in [-0.2, -0.15) is 0 Å². The maximum absolute atomic E-state index is 12.9. The fourth-order valence-electron chi connectivity index (χ4n) is 3.38. The van der Waals surface area contributed by atoms with Crippen LogP contribution in [0.2, 0.25) is 5.02 Å². The molecule has 1 saturated heterocycles. The molecule has 1 aromatic heterocycles. The van der Waals surface area contributed by atoms with Crippen molar-refractivity contribution in [1.29, 1.82) is 0 Å². The van der Waals surface area contributed by atoms with Crippen molar-refractivity contribution < 1.29 is 14.3 Å². The van der Waals surface area contributed by atoms with Gasteiger partial charge in [0, 0.05) is 42.6 Å². The van der Waals surface area contributed by atoms with Gasteiger partial charge in [0.25, 0.3) is 5.91 Å². The van der Waals surface area contributed by atoms with Crippen LogP contribution in [0.15, 0.2) is 29.6 Å². The smallest absolute Gasteiger partial charge is 0.410 e. The number of rotatable bonds is 4. The van der Waals surface area contributed by atoms with Crippen molar-refractivity contribution in [3.05, 3.63) is 40.4 Å². The van der Waals surface area contributed by atoms with Crippen molar-refractivity contribution in [1.82, 2.24) is 14.8 Å². The van der Waals surface area contributed by atoms with Gasteiger partial charge in [-0.25, -0.2) is 9.78 Å². The number of amides is 2. The first-order valence-electron chi connectivity index (χ1n) is 10.1. The Bertz CT molecular complexity index is 884. The highest BCUT2D eigenvalue weighted by molar-refractivity contribution is 7.13. The van der Waals surface area contributed by atoms with E-state index in [9.17, 15) is 9.59 Å². The summed E-state index contributed by atoms with van der Waals surface area (Å²) in [6, 6.07) is 7.45. The number of ether oxygens (including phenoxy) is 1. The van der Waals surface area contributed by atoms with Crippen LogP contribution in [0.1, 0.15) is 44.1 Å². The second-order valence-corrected chi connectivity index (χ2v) is 9.94. The lowest BCUT2D eigenvalue weighted by Crippen LogP contribution is -2.43. The topological polar surface area (TPSA) is 62.7 Å². The molecule has 0 spiro atoms. The van der Waals surface area contributed by atoms with E-state index in [1.54, 1.807) is 11.9 Å². The summed E-state index contributed by atoms with van der Waals surface area (Å²) in [6.45, 7) is 7.55. The van der Waals surface area contributed by atoms with Gasteiger partial charge in [-0.15, -0.1) is 11.3 Å². The van der Waals surface area contributed by atoms with Gasteiger partial charge in [-0.1, -0.05) is 23.7 Å². The zero-order valence-corrected chi connectivity index (χ0v) is 19.4. The maximum Gasteiger partial charge on any atom is 0.410 e. The number of benzene rings is 1. The van der Waals surface area contributed by atoms with Crippen LogP contribution in [0.4, 0.5) is 4.79 Å². The molecule has 0 saturated carbocycles. The number of aromatic nitrogens is 1. The molecule has 0 unspecified atom stereocenters. The molecule has 2 aromatic rings. The molecule has 0 bridgehead atoms. The Balaban J connectivity index is 1.52. The molecule has 0 N–H and O–H groups in total. The second-order valence-electron chi connectivity index (χ2n) is 8.64. The third-order valence-corrected chi connectivity index (χ3v) is 6.10. The molecule has 1 fully saturated rings. The molecule has 2 amide bonds. The average molecular weight is 450 g/mol. The Labute approximate surface area is 186 Å². The van der Waals surface area contributed by atoms with Gasteiger partial charge in [-0.05, 0) is 51.7 Å². The zero-order valence-electron chi connectivity index (χ0n) is 17.9.